The number of amides is 1. The second-order valence-corrected chi connectivity index (χ2v) is 9.62. The van der Waals surface area contributed by atoms with Gasteiger partial charge in [0.2, 0.25) is 5.91 Å². The molecule has 172 valence electrons. The number of aliphatic hydroxyl groups excluding tert-OH is 1. The average molecular weight is 434 g/mol. The first kappa shape index (κ1) is 23.5. The van der Waals surface area contributed by atoms with Crippen LogP contribution < -0.4 is 5.73 Å². The van der Waals surface area contributed by atoms with Gasteiger partial charge in [-0.25, -0.2) is 0 Å². The third kappa shape index (κ3) is 5.97. The predicted octanol–water partition coefficient (Wildman–Crippen LogP) is 2.66. The van der Waals surface area contributed by atoms with E-state index >= 15 is 0 Å². The van der Waals surface area contributed by atoms with Crippen LogP contribution in [0.1, 0.15) is 59.3 Å². The number of nitrogens with two attached hydrogens (primary N) is 1. The number of hydrogen-bond donors (Lipinski definition) is 2. The summed E-state index contributed by atoms with van der Waals surface area (Å²) in [6, 6.07) is 0. The molecule has 1 unspecified atom stereocenters. The Bertz CT molecular complexity index is 759. The summed E-state index contributed by atoms with van der Waals surface area (Å²) < 4.78 is 11.4. The zero-order valence-electron chi connectivity index (χ0n) is 18.7. The standard InChI is InChI=1S/C24H35NO6/c1-13-8-16-5-4-14(2)19(7-6-18-11-17(26)12-22(28)30-18)23(16)20(9-13)31-24(29)15(3)10-21(25)27/h4-5,8,13-15,17-20,23,26H,6-7,9-12H2,1-3H3,(H2,25,27)/t13-,14-,15-,17-,18?,19-,20+,23-/m1/s1. The second kappa shape index (κ2) is 9.98. The summed E-state index contributed by atoms with van der Waals surface area (Å²) in [7, 11) is 0. The van der Waals surface area contributed by atoms with Crippen LogP contribution in [0.2, 0.25) is 0 Å². The maximum atomic E-state index is 12.6. The summed E-state index contributed by atoms with van der Waals surface area (Å²) in [4.78, 5) is 35.5. The first-order valence-electron chi connectivity index (χ1n) is 11.4. The third-order valence-corrected chi connectivity index (χ3v) is 6.83. The van der Waals surface area contributed by atoms with Crippen molar-refractivity contribution >= 4 is 17.8 Å². The normalized spacial score (nSPS) is 36.1. The molecule has 1 saturated heterocycles. The number of hydrogen-bond acceptors (Lipinski definition) is 6. The van der Waals surface area contributed by atoms with Crippen LogP contribution >= 0.6 is 0 Å². The van der Waals surface area contributed by atoms with Crippen LogP contribution in [0.3, 0.4) is 0 Å². The smallest absolute Gasteiger partial charge is 0.309 e. The molecule has 1 aliphatic heterocycles. The minimum absolute atomic E-state index is 0.0242. The predicted molar refractivity (Wildman–Crippen MR) is 114 cm³/mol. The number of primary amides is 1. The number of carbonyl (C=O) groups is 3. The fraction of sp³-hybridized carbons (Fsp3) is 0.708. The second-order valence-electron chi connectivity index (χ2n) is 9.62. The highest BCUT2D eigenvalue weighted by Crippen LogP contribution is 2.45. The van der Waals surface area contributed by atoms with Crippen molar-refractivity contribution in [2.75, 3.05) is 0 Å². The molecule has 0 saturated carbocycles. The van der Waals surface area contributed by atoms with Crippen molar-refractivity contribution in [2.45, 2.75) is 77.6 Å². The van der Waals surface area contributed by atoms with E-state index in [1.807, 2.05) is 0 Å². The van der Waals surface area contributed by atoms with Gasteiger partial charge in [0.25, 0.3) is 0 Å². The molecule has 31 heavy (non-hydrogen) atoms. The lowest BCUT2D eigenvalue weighted by molar-refractivity contribution is -0.162. The molecule has 0 aromatic heterocycles. The summed E-state index contributed by atoms with van der Waals surface area (Å²) in [6.07, 6.45) is 8.12. The quantitative estimate of drug-likeness (QED) is 0.596. The maximum Gasteiger partial charge on any atom is 0.309 e. The molecule has 1 amide bonds. The number of aliphatic hydroxyl groups is 1. The van der Waals surface area contributed by atoms with Crippen molar-refractivity contribution in [3.63, 3.8) is 0 Å². The molecule has 7 nitrogen and oxygen atoms in total. The Morgan fingerprint density at radius 2 is 2.03 bits per heavy atom. The van der Waals surface area contributed by atoms with Gasteiger partial charge in [-0.3, -0.25) is 14.4 Å². The van der Waals surface area contributed by atoms with E-state index < -0.39 is 17.9 Å². The van der Waals surface area contributed by atoms with E-state index in [1.165, 1.54) is 5.57 Å². The molecule has 0 bridgehead atoms. The van der Waals surface area contributed by atoms with E-state index in [0.717, 1.165) is 12.8 Å². The molecular weight excluding hydrogens is 398 g/mol. The highest BCUT2D eigenvalue weighted by atomic mass is 16.5. The lowest BCUT2D eigenvalue weighted by atomic mass is 9.65. The number of fused-ring (bicyclic) bond motifs is 1. The van der Waals surface area contributed by atoms with Gasteiger partial charge in [-0.1, -0.05) is 39.0 Å². The van der Waals surface area contributed by atoms with Crippen LogP contribution in [0.25, 0.3) is 0 Å². The highest BCUT2D eigenvalue weighted by Gasteiger charge is 2.42. The Morgan fingerprint density at radius 1 is 1.29 bits per heavy atom. The van der Waals surface area contributed by atoms with E-state index in [-0.39, 0.29) is 60.7 Å². The monoisotopic (exact) mass is 433 g/mol. The Labute approximate surface area is 184 Å². The fourth-order valence-electron chi connectivity index (χ4n) is 5.29. The van der Waals surface area contributed by atoms with E-state index in [0.29, 0.717) is 12.8 Å². The van der Waals surface area contributed by atoms with Gasteiger partial charge in [0.15, 0.2) is 0 Å². The summed E-state index contributed by atoms with van der Waals surface area (Å²) in [5, 5.41) is 9.90. The lowest BCUT2D eigenvalue weighted by Crippen LogP contribution is -2.42. The van der Waals surface area contributed by atoms with Crippen LogP contribution in [-0.2, 0) is 23.9 Å². The Balaban J connectivity index is 1.73. The summed E-state index contributed by atoms with van der Waals surface area (Å²) in [5.74, 6) is -0.965. The zero-order valence-corrected chi connectivity index (χ0v) is 18.7. The molecule has 8 atom stereocenters. The van der Waals surface area contributed by atoms with Gasteiger partial charge < -0.3 is 20.3 Å². The molecular formula is C24H35NO6. The first-order valence-corrected chi connectivity index (χ1v) is 11.4. The Kier molecular flexibility index (Phi) is 7.57. The molecule has 0 aromatic rings. The number of esters is 2. The van der Waals surface area contributed by atoms with Crippen LogP contribution in [0.15, 0.2) is 23.8 Å². The van der Waals surface area contributed by atoms with E-state index in [2.05, 4.69) is 32.1 Å². The summed E-state index contributed by atoms with van der Waals surface area (Å²) in [6.45, 7) is 5.94. The Morgan fingerprint density at radius 3 is 2.71 bits per heavy atom. The molecule has 1 heterocycles. The van der Waals surface area contributed by atoms with Crippen molar-refractivity contribution in [1.29, 1.82) is 0 Å². The molecule has 7 heteroatoms. The van der Waals surface area contributed by atoms with Gasteiger partial charge in [-0.05, 0) is 42.6 Å². The molecule has 3 N–H and O–H groups in total. The van der Waals surface area contributed by atoms with Crippen molar-refractivity contribution in [3.8, 4) is 0 Å². The molecule has 0 aromatic carbocycles. The number of carbonyl (C=O) groups excluding carboxylic acids is 3. The van der Waals surface area contributed by atoms with E-state index in [1.54, 1.807) is 6.92 Å². The van der Waals surface area contributed by atoms with Gasteiger partial charge in [0, 0.05) is 18.8 Å². The molecule has 0 radical (unpaired) electrons. The van der Waals surface area contributed by atoms with Gasteiger partial charge in [0.1, 0.15) is 12.2 Å². The number of allylic oxidation sites excluding steroid dienone is 3. The molecule has 3 rings (SSSR count). The van der Waals surface area contributed by atoms with E-state index in [9.17, 15) is 19.5 Å². The summed E-state index contributed by atoms with van der Waals surface area (Å²) >= 11 is 0. The largest absolute Gasteiger partial charge is 0.462 e. The first-order chi connectivity index (χ1) is 14.6. The SMILES string of the molecule is C[C@@H]1C=C2C=C[C@@H](C)[C@@H](CCC3C[C@@H](O)CC(=O)O3)[C@@H]2[C@@H](OC(=O)[C@H](C)CC(N)=O)C1. The van der Waals surface area contributed by atoms with Crippen molar-refractivity contribution in [3.05, 3.63) is 23.8 Å². The summed E-state index contributed by atoms with van der Waals surface area (Å²) in [5.41, 5.74) is 6.43. The van der Waals surface area contributed by atoms with Gasteiger partial charge in [-0.15, -0.1) is 0 Å². The van der Waals surface area contributed by atoms with Crippen molar-refractivity contribution in [1.82, 2.24) is 0 Å². The number of cyclic esters (lactones) is 1. The average Bonchev–Trinajstić information content (AvgIpc) is 2.66. The number of rotatable bonds is 7. The minimum Gasteiger partial charge on any atom is -0.462 e. The topological polar surface area (TPSA) is 116 Å². The maximum absolute atomic E-state index is 12.6. The third-order valence-electron chi connectivity index (χ3n) is 6.83. The number of ether oxygens (including phenoxy) is 2. The van der Waals surface area contributed by atoms with Crippen molar-refractivity contribution in [2.24, 2.45) is 35.3 Å². The molecule has 0 spiro atoms. The highest BCUT2D eigenvalue weighted by molar-refractivity contribution is 5.81. The lowest BCUT2D eigenvalue weighted by Gasteiger charge is -2.43. The Hall–Kier alpha value is -2.15. The van der Waals surface area contributed by atoms with Gasteiger partial charge >= 0.3 is 11.9 Å². The molecule has 1 fully saturated rings. The fourth-order valence-corrected chi connectivity index (χ4v) is 5.29. The zero-order chi connectivity index (χ0) is 22.7. The molecule has 2 aliphatic carbocycles. The van der Waals surface area contributed by atoms with Crippen LogP contribution in [0, 0.1) is 29.6 Å². The van der Waals surface area contributed by atoms with E-state index in [4.69, 9.17) is 15.2 Å². The minimum atomic E-state index is -0.638. The van der Waals surface area contributed by atoms with Crippen molar-refractivity contribution < 1.29 is 29.0 Å². The van der Waals surface area contributed by atoms with Crippen LogP contribution in [0.4, 0.5) is 0 Å². The van der Waals surface area contributed by atoms with Gasteiger partial charge in [-0.2, -0.15) is 0 Å². The van der Waals surface area contributed by atoms with Crippen LogP contribution in [-0.4, -0.2) is 41.3 Å². The molecule has 3 aliphatic rings. The van der Waals surface area contributed by atoms with Crippen LogP contribution in [0.5, 0.6) is 0 Å². The van der Waals surface area contributed by atoms with Gasteiger partial charge in [0.05, 0.1) is 18.4 Å².